The summed E-state index contributed by atoms with van der Waals surface area (Å²) in [4.78, 5) is 27.2. The highest BCUT2D eigenvalue weighted by molar-refractivity contribution is 6.09. The molecule has 0 bridgehead atoms. The number of hydrogen-bond acceptors (Lipinski definition) is 3. The van der Waals surface area contributed by atoms with Crippen molar-refractivity contribution < 1.29 is 9.59 Å². The van der Waals surface area contributed by atoms with Crippen molar-refractivity contribution in [2.45, 2.75) is 26.3 Å². The second-order valence-corrected chi connectivity index (χ2v) is 6.79. The Bertz CT molecular complexity index is 901. The van der Waals surface area contributed by atoms with Gasteiger partial charge in [-0.1, -0.05) is 48.5 Å². The fraction of sp³-hybridized carbons (Fsp3) is 0.286. The van der Waals surface area contributed by atoms with Gasteiger partial charge in [-0.3, -0.25) is 9.69 Å². The number of nitrogens with zero attached hydrogens (tertiary/aromatic N) is 2. The molecular formula is C21H21N3O2. The molecule has 2 aromatic carbocycles. The van der Waals surface area contributed by atoms with Gasteiger partial charge in [-0.2, -0.15) is 5.26 Å². The molecule has 0 radical (unpaired) electrons. The molecule has 2 atom stereocenters. The van der Waals surface area contributed by atoms with Crippen LogP contribution < -0.4 is 5.32 Å². The van der Waals surface area contributed by atoms with E-state index in [-0.39, 0.29) is 12.5 Å². The third kappa shape index (κ3) is 2.74. The highest BCUT2D eigenvalue weighted by atomic mass is 16.2. The molecule has 26 heavy (non-hydrogen) atoms. The third-order valence-electron chi connectivity index (χ3n) is 4.93. The summed E-state index contributed by atoms with van der Waals surface area (Å²) in [7, 11) is 0. The maximum atomic E-state index is 13.4. The van der Waals surface area contributed by atoms with Crippen molar-refractivity contribution in [3.63, 3.8) is 0 Å². The molecule has 3 amide bonds. The minimum Gasteiger partial charge on any atom is -0.315 e. The monoisotopic (exact) mass is 347 g/mol. The fourth-order valence-corrected chi connectivity index (χ4v) is 3.28. The van der Waals surface area contributed by atoms with Crippen LogP contribution in [-0.2, 0) is 10.3 Å². The molecule has 1 heterocycles. The molecule has 0 unspecified atom stereocenters. The fourth-order valence-electron chi connectivity index (χ4n) is 3.28. The molecule has 3 rings (SSSR count). The first-order valence-electron chi connectivity index (χ1n) is 8.57. The number of nitriles is 1. The quantitative estimate of drug-likeness (QED) is 0.863. The van der Waals surface area contributed by atoms with Crippen molar-refractivity contribution in [3.8, 4) is 6.07 Å². The van der Waals surface area contributed by atoms with E-state index in [0.29, 0.717) is 5.56 Å². The van der Waals surface area contributed by atoms with Crippen LogP contribution in [0.25, 0.3) is 0 Å². The predicted molar refractivity (Wildman–Crippen MR) is 98.2 cm³/mol. The normalized spacial score (nSPS) is 20.6. The molecule has 1 aliphatic rings. The van der Waals surface area contributed by atoms with E-state index in [2.05, 4.69) is 11.4 Å². The first-order chi connectivity index (χ1) is 12.4. The number of aryl methyl sites for hydroxylation is 2. The Hall–Kier alpha value is -3.13. The zero-order chi connectivity index (χ0) is 18.9. The molecular weight excluding hydrogens is 326 g/mol. The van der Waals surface area contributed by atoms with Crippen LogP contribution in [0.4, 0.5) is 4.79 Å². The van der Waals surface area contributed by atoms with Crippen LogP contribution in [0.15, 0.2) is 48.5 Å². The zero-order valence-corrected chi connectivity index (χ0v) is 15.1. The summed E-state index contributed by atoms with van der Waals surface area (Å²) in [6, 6.07) is 16.6. The van der Waals surface area contributed by atoms with E-state index in [0.717, 1.165) is 21.6 Å². The average molecular weight is 347 g/mol. The minimum absolute atomic E-state index is 0.0700. The number of benzene rings is 2. The van der Waals surface area contributed by atoms with E-state index < -0.39 is 17.5 Å². The second kappa shape index (κ2) is 6.64. The number of nitrogens with one attached hydrogen (secondary N) is 1. The second-order valence-electron chi connectivity index (χ2n) is 6.79. The molecule has 0 spiro atoms. The van der Waals surface area contributed by atoms with E-state index in [9.17, 15) is 9.59 Å². The van der Waals surface area contributed by atoms with Crippen molar-refractivity contribution in [3.05, 3.63) is 70.8 Å². The lowest BCUT2D eigenvalue weighted by atomic mass is 9.81. The van der Waals surface area contributed by atoms with Crippen LogP contribution in [0.5, 0.6) is 0 Å². The van der Waals surface area contributed by atoms with Gasteiger partial charge in [0, 0.05) is 6.54 Å². The summed E-state index contributed by atoms with van der Waals surface area (Å²) in [5.41, 5.74) is 2.31. The van der Waals surface area contributed by atoms with Gasteiger partial charge in [0.15, 0.2) is 5.54 Å². The maximum Gasteiger partial charge on any atom is 0.325 e. The molecule has 1 N–H and O–H groups in total. The number of imide groups is 1. The number of rotatable bonds is 4. The Morgan fingerprint density at radius 3 is 2.38 bits per heavy atom. The van der Waals surface area contributed by atoms with Gasteiger partial charge in [0.05, 0.1) is 12.0 Å². The van der Waals surface area contributed by atoms with Crippen molar-refractivity contribution in [2.24, 2.45) is 5.92 Å². The predicted octanol–water partition coefficient (Wildman–Crippen LogP) is 3.26. The molecule has 1 fully saturated rings. The highest BCUT2D eigenvalue weighted by Gasteiger charge is 2.53. The summed E-state index contributed by atoms with van der Waals surface area (Å²) in [6.45, 7) is 5.75. The average Bonchev–Trinajstić information content (AvgIpc) is 2.90. The smallest absolute Gasteiger partial charge is 0.315 e. The standard InChI is InChI=1S/C21H21N3O2/c1-14(12-22)13-24-19(25)21(23-20(24)26,17-7-5-4-6-8-17)18-10-9-15(2)16(3)11-18/h4-11,14H,13H2,1-3H3,(H,23,26)/t14-,21-/m0/s1. The van der Waals surface area contributed by atoms with Gasteiger partial charge in [0.25, 0.3) is 5.91 Å². The number of amides is 3. The van der Waals surface area contributed by atoms with E-state index >= 15 is 0 Å². The number of urea groups is 1. The van der Waals surface area contributed by atoms with E-state index in [1.54, 1.807) is 6.92 Å². The number of hydrogen-bond donors (Lipinski definition) is 1. The Balaban J connectivity index is 2.17. The number of carbonyl (C=O) groups is 2. The van der Waals surface area contributed by atoms with Crippen molar-refractivity contribution in [2.75, 3.05) is 6.54 Å². The Morgan fingerprint density at radius 2 is 1.77 bits per heavy atom. The van der Waals surface area contributed by atoms with Crippen molar-refractivity contribution in [1.82, 2.24) is 10.2 Å². The van der Waals surface area contributed by atoms with Gasteiger partial charge in [-0.25, -0.2) is 4.79 Å². The van der Waals surface area contributed by atoms with Gasteiger partial charge in [0.2, 0.25) is 0 Å². The zero-order valence-electron chi connectivity index (χ0n) is 15.1. The van der Waals surface area contributed by atoms with Gasteiger partial charge in [-0.05, 0) is 43.0 Å². The van der Waals surface area contributed by atoms with Crippen molar-refractivity contribution in [1.29, 1.82) is 5.26 Å². The van der Waals surface area contributed by atoms with Gasteiger partial charge < -0.3 is 5.32 Å². The van der Waals surface area contributed by atoms with Crippen molar-refractivity contribution >= 4 is 11.9 Å². The summed E-state index contributed by atoms with van der Waals surface area (Å²) in [5, 5.41) is 12.0. The van der Waals surface area contributed by atoms with E-state index in [1.165, 1.54) is 0 Å². The third-order valence-corrected chi connectivity index (χ3v) is 4.93. The first kappa shape index (κ1) is 17.7. The maximum absolute atomic E-state index is 13.4. The minimum atomic E-state index is -1.27. The van der Waals surface area contributed by atoms with Gasteiger partial charge in [0.1, 0.15) is 0 Å². The topological polar surface area (TPSA) is 73.2 Å². The lowest BCUT2D eigenvalue weighted by Gasteiger charge is -2.28. The molecule has 1 aliphatic heterocycles. The van der Waals surface area contributed by atoms with E-state index in [4.69, 9.17) is 5.26 Å². The Morgan fingerprint density at radius 1 is 1.08 bits per heavy atom. The Kier molecular flexibility index (Phi) is 4.52. The van der Waals surface area contributed by atoms with Crippen LogP contribution >= 0.6 is 0 Å². The highest BCUT2D eigenvalue weighted by Crippen LogP contribution is 2.37. The lowest BCUT2D eigenvalue weighted by molar-refractivity contribution is -0.130. The summed E-state index contributed by atoms with van der Waals surface area (Å²) < 4.78 is 0. The molecule has 132 valence electrons. The molecule has 5 nitrogen and oxygen atoms in total. The van der Waals surface area contributed by atoms with Crippen LogP contribution in [0.2, 0.25) is 0 Å². The summed E-state index contributed by atoms with van der Waals surface area (Å²) in [5.74, 6) is -0.782. The van der Waals surface area contributed by atoms with Crippen LogP contribution in [-0.4, -0.2) is 23.4 Å². The first-order valence-corrected chi connectivity index (χ1v) is 8.57. The summed E-state index contributed by atoms with van der Waals surface area (Å²) in [6.07, 6.45) is 0. The molecule has 0 aromatic heterocycles. The van der Waals surface area contributed by atoms with Gasteiger partial charge in [-0.15, -0.1) is 0 Å². The molecule has 0 saturated carbocycles. The van der Waals surface area contributed by atoms with Crippen LogP contribution in [0.3, 0.4) is 0 Å². The SMILES string of the molecule is Cc1ccc([C@]2(c3ccccc3)NC(=O)N(C[C@@H](C)C#N)C2=O)cc1C. The molecule has 1 saturated heterocycles. The van der Waals surface area contributed by atoms with Gasteiger partial charge >= 0.3 is 6.03 Å². The number of carbonyl (C=O) groups excluding carboxylic acids is 2. The van der Waals surface area contributed by atoms with Crippen LogP contribution in [0.1, 0.15) is 29.2 Å². The van der Waals surface area contributed by atoms with Crippen LogP contribution in [0, 0.1) is 31.1 Å². The summed E-state index contributed by atoms with van der Waals surface area (Å²) >= 11 is 0. The molecule has 2 aromatic rings. The van der Waals surface area contributed by atoms with E-state index in [1.807, 2.05) is 62.4 Å². The lowest BCUT2D eigenvalue weighted by Crippen LogP contribution is -2.45. The largest absolute Gasteiger partial charge is 0.325 e. The molecule has 0 aliphatic carbocycles. The molecule has 5 heteroatoms. The Labute approximate surface area is 153 Å².